The van der Waals surface area contributed by atoms with E-state index in [1.807, 2.05) is 65.3 Å². The third-order valence-corrected chi connectivity index (χ3v) is 6.94. The van der Waals surface area contributed by atoms with Gasteiger partial charge in [-0.15, -0.1) is 0 Å². The van der Waals surface area contributed by atoms with E-state index in [9.17, 15) is 10.1 Å². The predicted octanol–water partition coefficient (Wildman–Crippen LogP) is 6.44. The van der Waals surface area contributed by atoms with E-state index in [2.05, 4.69) is 29.2 Å². The molecule has 5 aromatic rings. The van der Waals surface area contributed by atoms with Crippen LogP contribution in [0.1, 0.15) is 11.1 Å². The Labute approximate surface area is 226 Å². The van der Waals surface area contributed by atoms with Crippen LogP contribution >= 0.6 is 0 Å². The molecule has 0 radical (unpaired) electrons. The molecule has 1 aliphatic heterocycles. The number of fused-ring (bicyclic) bond motifs is 2. The first-order chi connectivity index (χ1) is 19.2. The van der Waals surface area contributed by atoms with Crippen LogP contribution in [-0.2, 0) is 24.4 Å². The fraction of sp³-hybridized carbons (Fsp3) is 0.194. The second kappa shape index (κ2) is 11.1. The Hall–Kier alpha value is -4.53. The smallest absolute Gasteiger partial charge is 0.312 e. The van der Waals surface area contributed by atoms with Crippen LogP contribution in [-0.4, -0.2) is 39.3 Å². The van der Waals surface area contributed by atoms with E-state index < -0.39 is 4.92 Å². The van der Waals surface area contributed by atoms with Gasteiger partial charge in [0.2, 0.25) is 5.75 Å². The molecule has 8 heteroatoms. The van der Waals surface area contributed by atoms with Crippen LogP contribution in [0.25, 0.3) is 22.2 Å². The number of aromatic nitrogens is 2. The maximum atomic E-state index is 11.8. The average Bonchev–Trinajstić information content (AvgIpc) is 3.35. The Bertz CT molecular complexity index is 1600. The SMILES string of the molecule is O=[N+]([O-])c1ccc2c3c(nn2CCN(CCOCc2ccccc2)Cc2ccccc2)-c2ccccc2Oc13. The predicted molar refractivity (Wildman–Crippen MR) is 150 cm³/mol. The minimum Gasteiger partial charge on any atom is -0.449 e. The number of hydrogen-bond acceptors (Lipinski definition) is 6. The number of para-hydroxylation sites is 1. The summed E-state index contributed by atoms with van der Waals surface area (Å²) in [5, 5.41) is 17.4. The van der Waals surface area contributed by atoms with Gasteiger partial charge in [-0.3, -0.25) is 19.7 Å². The molecule has 0 bridgehead atoms. The number of nitro benzene ring substituents is 1. The zero-order valence-corrected chi connectivity index (χ0v) is 21.4. The number of nitrogens with zero attached hydrogens (tertiary/aromatic N) is 4. The fourth-order valence-electron chi connectivity index (χ4n) is 5.00. The molecule has 39 heavy (non-hydrogen) atoms. The standard InChI is InChI=1S/C31H28N4O4/c36-35(37)27-16-15-26-29-30(25-13-7-8-14-28(25)39-31(27)29)32-34(26)18-17-33(21-23-9-3-1-4-10-23)19-20-38-22-24-11-5-2-6-12-24/h1-16H,17-22H2. The van der Waals surface area contributed by atoms with Crippen molar-refractivity contribution in [3.05, 3.63) is 118 Å². The quantitative estimate of drug-likeness (QED) is 0.111. The molecule has 0 saturated heterocycles. The maximum Gasteiger partial charge on any atom is 0.312 e. The monoisotopic (exact) mass is 520 g/mol. The molecule has 0 unspecified atom stereocenters. The first-order valence-corrected chi connectivity index (χ1v) is 13.0. The summed E-state index contributed by atoms with van der Waals surface area (Å²) < 4.78 is 14.0. The van der Waals surface area contributed by atoms with E-state index in [1.54, 1.807) is 6.07 Å². The van der Waals surface area contributed by atoms with Crippen molar-refractivity contribution >= 4 is 16.6 Å². The van der Waals surface area contributed by atoms with Crippen molar-refractivity contribution in [2.45, 2.75) is 19.7 Å². The molecule has 4 aromatic carbocycles. The van der Waals surface area contributed by atoms with Crippen LogP contribution in [0.15, 0.2) is 97.1 Å². The van der Waals surface area contributed by atoms with Gasteiger partial charge in [0.25, 0.3) is 0 Å². The van der Waals surface area contributed by atoms with Crippen molar-refractivity contribution < 1.29 is 14.4 Å². The number of nitro groups is 1. The topological polar surface area (TPSA) is 82.7 Å². The van der Waals surface area contributed by atoms with Gasteiger partial charge in [0.05, 0.1) is 35.6 Å². The zero-order chi connectivity index (χ0) is 26.6. The second-order valence-corrected chi connectivity index (χ2v) is 9.53. The molecule has 0 N–H and O–H groups in total. The van der Waals surface area contributed by atoms with Gasteiger partial charge in [0, 0.05) is 31.3 Å². The lowest BCUT2D eigenvalue weighted by molar-refractivity contribution is -0.385. The first-order valence-electron chi connectivity index (χ1n) is 13.0. The Kier molecular flexibility index (Phi) is 7.03. The largest absolute Gasteiger partial charge is 0.449 e. The first kappa shape index (κ1) is 24.8. The molecule has 0 aliphatic carbocycles. The molecule has 1 aliphatic rings. The van der Waals surface area contributed by atoms with Gasteiger partial charge in [-0.05, 0) is 29.3 Å². The molecule has 0 saturated carbocycles. The summed E-state index contributed by atoms with van der Waals surface area (Å²) in [6, 6.07) is 31.4. The summed E-state index contributed by atoms with van der Waals surface area (Å²) in [7, 11) is 0. The molecule has 196 valence electrons. The van der Waals surface area contributed by atoms with Crippen molar-refractivity contribution in [1.82, 2.24) is 14.7 Å². The molecule has 1 aromatic heterocycles. The third-order valence-electron chi connectivity index (χ3n) is 6.94. The maximum absolute atomic E-state index is 11.8. The highest BCUT2D eigenvalue weighted by Gasteiger charge is 2.31. The highest BCUT2D eigenvalue weighted by molar-refractivity contribution is 6.03. The third kappa shape index (κ3) is 5.25. The molecular formula is C31H28N4O4. The lowest BCUT2D eigenvalue weighted by Gasteiger charge is -2.22. The number of hydrogen-bond donors (Lipinski definition) is 0. The van der Waals surface area contributed by atoms with Crippen LogP contribution in [0.4, 0.5) is 5.69 Å². The van der Waals surface area contributed by atoms with Crippen molar-refractivity contribution in [2.24, 2.45) is 0 Å². The molecule has 2 heterocycles. The average molecular weight is 521 g/mol. The van der Waals surface area contributed by atoms with E-state index in [0.717, 1.165) is 36.3 Å². The summed E-state index contributed by atoms with van der Waals surface area (Å²) >= 11 is 0. The Morgan fingerprint density at radius 3 is 2.36 bits per heavy atom. The highest BCUT2D eigenvalue weighted by Crippen LogP contribution is 2.49. The van der Waals surface area contributed by atoms with Crippen LogP contribution in [0.2, 0.25) is 0 Å². The number of benzene rings is 4. The van der Waals surface area contributed by atoms with Gasteiger partial charge in [-0.2, -0.15) is 5.10 Å². The number of ether oxygens (including phenoxy) is 2. The van der Waals surface area contributed by atoms with Gasteiger partial charge in [-0.25, -0.2) is 0 Å². The Morgan fingerprint density at radius 1 is 0.872 bits per heavy atom. The lowest BCUT2D eigenvalue weighted by Crippen LogP contribution is -2.30. The molecule has 0 spiro atoms. The van der Waals surface area contributed by atoms with E-state index in [1.165, 1.54) is 11.6 Å². The molecular weight excluding hydrogens is 492 g/mol. The summed E-state index contributed by atoms with van der Waals surface area (Å²) in [6.45, 7) is 4.06. The van der Waals surface area contributed by atoms with E-state index in [-0.39, 0.29) is 11.4 Å². The normalized spacial score (nSPS) is 11.9. The van der Waals surface area contributed by atoms with Crippen LogP contribution in [0, 0.1) is 10.1 Å². The highest BCUT2D eigenvalue weighted by atomic mass is 16.6. The van der Waals surface area contributed by atoms with Gasteiger partial charge in [0.15, 0.2) is 0 Å². The number of rotatable bonds is 11. The zero-order valence-electron chi connectivity index (χ0n) is 21.4. The summed E-state index contributed by atoms with van der Waals surface area (Å²) in [5.74, 6) is 0.833. The van der Waals surface area contributed by atoms with Crippen LogP contribution < -0.4 is 4.74 Å². The van der Waals surface area contributed by atoms with E-state index in [0.29, 0.717) is 36.6 Å². The molecule has 8 nitrogen and oxygen atoms in total. The van der Waals surface area contributed by atoms with Crippen molar-refractivity contribution in [2.75, 3.05) is 19.7 Å². The van der Waals surface area contributed by atoms with Crippen molar-refractivity contribution in [3.63, 3.8) is 0 Å². The van der Waals surface area contributed by atoms with E-state index in [4.69, 9.17) is 14.6 Å². The minimum atomic E-state index is -0.402. The fourth-order valence-corrected chi connectivity index (χ4v) is 5.00. The van der Waals surface area contributed by atoms with Crippen molar-refractivity contribution in [3.8, 4) is 22.8 Å². The van der Waals surface area contributed by atoms with Gasteiger partial charge in [-0.1, -0.05) is 72.8 Å². The molecule has 0 fully saturated rings. The van der Waals surface area contributed by atoms with Crippen molar-refractivity contribution in [1.29, 1.82) is 0 Å². The van der Waals surface area contributed by atoms with Gasteiger partial charge < -0.3 is 9.47 Å². The molecule has 6 rings (SSSR count). The van der Waals surface area contributed by atoms with Crippen LogP contribution in [0.5, 0.6) is 11.5 Å². The summed E-state index contributed by atoms with van der Waals surface area (Å²) in [5.41, 5.74) is 4.69. The Morgan fingerprint density at radius 2 is 1.59 bits per heavy atom. The second-order valence-electron chi connectivity index (χ2n) is 9.53. The minimum absolute atomic E-state index is 0.0564. The van der Waals surface area contributed by atoms with E-state index >= 15 is 0 Å². The lowest BCUT2D eigenvalue weighted by atomic mass is 10.0. The Balaban J connectivity index is 1.24. The van der Waals surface area contributed by atoms with Gasteiger partial charge >= 0.3 is 5.69 Å². The molecule has 0 amide bonds. The molecule has 0 atom stereocenters. The summed E-state index contributed by atoms with van der Waals surface area (Å²) in [6.07, 6.45) is 0. The summed E-state index contributed by atoms with van der Waals surface area (Å²) in [4.78, 5) is 13.7. The van der Waals surface area contributed by atoms with Gasteiger partial charge in [0.1, 0.15) is 11.4 Å². The van der Waals surface area contributed by atoms with Crippen LogP contribution in [0.3, 0.4) is 0 Å².